The molecule has 1 aromatic carbocycles. The van der Waals surface area contributed by atoms with Crippen molar-refractivity contribution >= 4 is 29.0 Å². The Kier molecular flexibility index (Phi) is 5.37. The summed E-state index contributed by atoms with van der Waals surface area (Å²) in [5, 5.41) is 5.53. The van der Waals surface area contributed by atoms with E-state index in [2.05, 4.69) is 10.6 Å². The summed E-state index contributed by atoms with van der Waals surface area (Å²) in [6, 6.07) is 7.45. The van der Waals surface area contributed by atoms with Crippen molar-refractivity contribution < 1.29 is 7.86 Å². The molecule has 2 amide bonds. The van der Waals surface area contributed by atoms with Crippen LogP contribution in [0.25, 0.3) is 0 Å². The Labute approximate surface area is 109 Å². The molecule has 1 atom stereocenters. The van der Waals surface area contributed by atoms with E-state index in [4.69, 9.17) is 3.07 Å². The van der Waals surface area contributed by atoms with E-state index in [1.807, 2.05) is 61.1 Å². The Bertz CT molecular complexity index is 340. The summed E-state index contributed by atoms with van der Waals surface area (Å²) in [6.45, 7) is 4.45. The molecule has 0 bridgehead atoms. The largest absolute Gasteiger partial charge is 0.428 e. The number of carbonyl (C=O) groups is 1. The normalized spacial score (nSPS) is 11.7. The number of rotatable bonds is 4. The maximum absolute atomic E-state index is 11.3. The number of halogens is 1. The van der Waals surface area contributed by atoms with E-state index in [9.17, 15) is 4.79 Å². The second-order valence-electron chi connectivity index (χ2n) is 3.37. The zero-order chi connectivity index (χ0) is 12.0. The molecule has 0 saturated carbocycles. The molecule has 0 aliphatic heterocycles. The minimum Gasteiger partial charge on any atom is -0.428 e. The second kappa shape index (κ2) is 6.57. The van der Waals surface area contributed by atoms with Crippen molar-refractivity contribution in [2.24, 2.45) is 0 Å². The van der Waals surface area contributed by atoms with Crippen molar-refractivity contribution in [2.75, 3.05) is 6.54 Å². The lowest BCUT2D eigenvalue weighted by Gasteiger charge is -2.14. The molecule has 0 spiro atoms. The highest BCUT2D eigenvalue weighted by Crippen LogP contribution is 2.18. The molecular weight excluding hydrogens is 319 g/mol. The van der Waals surface area contributed by atoms with Gasteiger partial charge in [-0.05, 0) is 31.5 Å². The average Bonchev–Trinajstić information content (AvgIpc) is 2.29. The lowest BCUT2D eigenvalue weighted by molar-refractivity contribution is 0.238. The van der Waals surface area contributed by atoms with E-state index in [1.54, 1.807) is 0 Å². The van der Waals surface area contributed by atoms with Gasteiger partial charge in [0.05, 0.1) is 6.04 Å². The van der Waals surface area contributed by atoms with Gasteiger partial charge in [-0.3, -0.25) is 0 Å². The van der Waals surface area contributed by atoms with E-state index in [0.717, 1.165) is 11.3 Å². The summed E-state index contributed by atoms with van der Waals surface area (Å²) in [7, 11) is 0. The molecule has 0 aromatic heterocycles. The van der Waals surface area contributed by atoms with Crippen molar-refractivity contribution in [3.8, 4) is 5.75 Å². The lowest BCUT2D eigenvalue weighted by Crippen LogP contribution is -2.36. The summed E-state index contributed by atoms with van der Waals surface area (Å²) in [5.41, 5.74) is 1.04. The highest BCUT2D eigenvalue weighted by Gasteiger charge is 2.08. The molecule has 16 heavy (non-hydrogen) atoms. The standard InChI is InChI=1S/C11H15IN2O2/c1-3-13-11(15)14-8(2)9-4-6-10(16-12)7-5-9/h4-8H,3H2,1-2H3,(H2,13,14,15)/t8-/m0/s1. The Balaban J connectivity index is 2.58. The molecule has 4 nitrogen and oxygen atoms in total. The molecule has 88 valence electrons. The number of nitrogens with one attached hydrogen (secondary N) is 2. The van der Waals surface area contributed by atoms with Gasteiger partial charge >= 0.3 is 6.03 Å². The van der Waals surface area contributed by atoms with Gasteiger partial charge in [0.1, 0.15) is 5.75 Å². The fraction of sp³-hybridized carbons (Fsp3) is 0.364. The van der Waals surface area contributed by atoms with E-state index in [0.29, 0.717) is 6.54 Å². The van der Waals surface area contributed by atoms with Crippen LogP contribution >= 0.6 is 23.0 Å². The van der Waals surface area contributed by atoms with Gasteiger partial charge in [-0.25, -0.2) is 4.79 Å². The molecule has 2 N–H and O–H groups in total. The molecule has 0 aliphatic rings. The van der Waals surface area contributed by atoms with Gasteiger partial charge in [-0.2, -0.15) is 0 Å². The summed E-state index contributed by atoms with van der Waals surface area (Å²) >= 11 is 1.83. The van der Waals surface area contributed by atoms with Crippen LogP contribution in [0, 0.1) is 0 Å². The van der Waals surface area contributed by atoms with Crippen LogP contribution in [0.15, 0.2) is 24.3 Å². The molecule has 0 unspecified atom stereocenters. The summed E-state index contributed by atoms with van der Waals surface area (Å²) < 4.78 is 5.04. The first-order valence-corrected chi connectivity index (χ1v) is 5.98. The Morgan fingerprint density at radius 1 is 1.44 bits per heavy atom. The van der Waals surface area contributed by atoms with Crippen molar-refractivity contribution in [1.82, 2.24) is 10.6 Å². The molecule has 1 aromatic rings. The predicted molar refractivity (Wildman–Crippen MR) is 71.7 cm³/mol. The molecule has 5 heteroatoms. The quantitative estimate of drug-likeness (QED) is 0.832. The smallest absolute Gasteiger partial charge is 0.315 e. The third-order valence-electron chi connectivity index (χ3n) is 2.15. The van der Waals surface area contributed by atoms with Crippen molar-refractivity contribution in [3.05, 3.63) is 29.8 Å². The van der Waals surface area contributed by atoms with Gasteiger partial charge in [0.2, 0.25) is 0 Å². The van der Waals surface area contributed by atoms with E-state index in [-0.39, 0.29) is 12.1 Å². The van der Waals surface area contributed by atoms with Crippen LogP contribution in [0.5, 0.6) is 5.75 Å². The molecule has 1 rings (SSSR count). The topological polar surface area (TPSA) is 50.4 Å². The summed E-state index contributed by atoms with van der Waals surface area (Å²) in [4.78, 5) is 11.3. The van der Waals surface area contributed by atoms with Crippen molar-refractivity contribution in [2.45, 2.75) is 19.9 Å². The number of urea groups is 1. The molecule has 0 fully saturated rings. The van der Waals surface area contributed by atoms with Crippen LogP contribution in [-0.2, 0) is 0 Å². The SMILES string of the molecule is CCNC(=O)N[C@@H](C)c1ccc(OI)cc1. The zero-order valence-corrected chi connectivity index (χ0v) is 11.4. The maximum Gasteiger partial charge on any atom is 0.315 e. The predicted octanol–water partition coefficient (Wildman–Crippen LogP) is 2.80. The Morgan fingerprint density at radius 3 is 2.56 bits per heavy atom. The number of amides is 2. The minimum absolute atomic E-state index is 0.0187. The van der Waals surface area contributed by atoms with Crippen molar-refractivity contribution in [3.63, 3.8) is 0 Å². The molecule has 0 saturated heterocycles. The third kappa shape index (κ3) is 3.88. The zero-order valence-electron chi connectivity index (χ0n) is 9.29. The van der Waals surface area contributed by atoms with E-state index in [1.165, 1.54) is 0 Å². The van der Waals surface area contributed by atoms with E-state index < -0.39 is 0 Å². The molecule has 0 aliphatic carbocycles. The van der Waals surface area contributed by atoms with Crippen LogP contribution in [0.4, 0.5) is 4.79 Å². The van der Waals surface area contributed by atoms with Gasteiger partial charge in [-0.15, -0.1) is 0 Å². The van der Waals surface area contributed by atoms with Crippen molar-refractivity contribution in [1.29, 1.82) is 0 Å². The number of hydrogen-bond acceptors (Lipinski definition) is 2. The van der Waals surface area contributed by atoms with Crippen LogP contribution in [0.1, 0.15) is 25.5 Å². The van der Waals surface area contributed by atoms with Gasteiger partial charge in [-0.1, -0.05) is 12.1 Å². The number of carbonyl (C=O) groups excluding carboxylic acids is 1. The number of hydrogen-bond donors (Lipinski definition) is 2. The van der Waals surface area contributed by atoms with Gasteiger partial charge in [0, 0.05) is 6.54 Å². The summed E-state index contributed by atoms with van der Waals surface area (Å²) in [5.74, 6) is 0.801. The first-order valence-electron chi connectivity index (χ1n) is 5.10. The van der Waals surface area contributed by atoms with Gasteiger partial charge in [0.15, 0.2) is 23.0 Å². The lowest BCUT2D eigenvalue weighted by atomic mass is 10.1. The second-order valence-corrected chi connectivity index (χ2v) is 3.81. The number of benzene rings is 1. The first kappa shape index (κ1) is 13.1. The monoisotopic (exact) mass is 334 g/mol. The fourth-order valence-corrected chi connectivity index (χ4v) is 1.59. The Hall–Kier alpha value is -0.980. The molecular formula is C11H15IN2O2. The molecule has 0 heterocycles. The van der Waals surface area contributed by atoms with Gasteiger partial charge in [0.25, 0.3) is 0 Å². The highest BCUT2D eigenvalue weighted by atomic mass is 127. The van der Waals surface area contributed by atoms with Crippen LogP contribution in [0.3, 0.4) is 0 Å². The fourth-order valence-electron chi connectivity index (χ4n) is 1.30. The molecule has 0 radical (unpaired) electrons. The minimum atomic E-state index is -0.149. The Morgan fingerprint density at radius 2 is 2.06 bits per heavy atom. The van der Waals surface area contributed by atoms with Crippen LogP contribution < -0.4 is 13.7 Å². The first-order chi connectivity index (χ1) is 7.67. The third-order valence-corrected chi connectivity index (χ3v) is 2.66. The van der Waals surface area contributed by atoms with Crippen LogP contribution in [-0.4, -0.2) is 12.6 Å². The van der Waals surface area contributed by atoms with Gasteiger partial charge < -0.3 is 13.7 Å². The summed E-state index contributed by atoms with van der Waals surface area (Å²) in [6.07, 6.45) is 0. The van der Waals surface area contributed by atoms with Crippen LogP contribution in [0.2, 0.25) is 0 Å². The highest BCUT2D eigenvalue weighted by molar-refractivity contribution is 14.1. The average molecular weight is 334 g/mol. The maximum atomic E-state index is 11.3. The van der Waals surface area contributed by atoms with E-state index >= 15 is 0 Å².